The van der Waals surface area contributed by atoms with Crippen LogP contribution in [0.4, 0.5) is 14.6 Å². The highest BCUT2D eigenvalue weighted by Gasteiger charge is 2.16. The molecule has 0 aliphatic rings. The second kappa shape index (κ2) is 6.71. The van der Waals surface area contributed by atoms with Gasteiger partial charge in [0.15, 0.2) is 11.6 Å². The van der Waals surface area contributed by atoms with Crippen LogP contribution in [-0.4, -0.2) is 18.1 Å². The molecule has 0 saturated heterocycles. The van der Waals surface area contributed by atoms with Crippen molar-refractivity contribution in [2.45, 2.75) is 20.3 Å². The van der Waals surface area contributed by atoms with Crippen LogP contribution < -0.4 is 5.73 Å². The Morgan fingerprint density at radius 3 is 2.56 bits per heavy atom. The van der Waals surface area contributed by atoms with Gasteiger partial charge in [0.05, 0.1) is 19.7 Å². The number of nitrogens with two attached hydrogens (primary N) is 1. The maximum absolute atomic E-state index is 13.1. The monoisotopic (exact) mass is 232 g/mol. The largest absolute Gasteiger partial charge is 0.469 e. The van der Waals surface area contributed by atoms with Gasteiger partial charge in [0, 0.05) is 5.56 Å². The molecule has 0 amide bonds. The number of halogens is 2. The molecule has 1 aromatic rings. The van der Waals surface area contributed by atoms with E-state index < -0.39 is 35.4 Å². The molecular weight excluding hydrogens is 218 g/mol. The van der Waals surface area contributed by atoms with Crippen LogP contribution in [0.15, 0.2) is 6.20 Å². The topological polar surface area (TPSA) is 65.2 Å². The fourth-order valence-corrected chi connectivity index (χ4v) is 0.899. The Balaban J connectivity index is 0.00000106. The summed E-state index contributed by atoms with van der Waals surface area (Å²) in [5, 5.41) is 0. The van der Waals surface area contributed by atoms with E-state index >= 15 is 0 Å². The van der Waals surface area contributed by atoms with Gasteiger partial charge in [-0.1, -0.05) is 13.8 Å². The first-order valence-electron chi connectivity index (χ1n) is 4.71. The standard InChI is InChI=1S/C8H8F2N2O2.C2H6/c1-14-6(13)2-4-5(9)3-12-8(11)7(4)10;1-2/h3H,2H2,1H3,(H2,11,12);1-2H3. The molecule has 0 aliphatic carbocycles. The number of esters is 1. The molecule has 0 fully saturated rings. The van der Waals surface area contributed by atoms with Crippen molar-refractivity contribution >= 4 is 11.8 Å². The second-order valence-electron chi connectivity index (χ2n) is 2.54. The SMILES string of the molecule is CC.COC(=O)Cc1c(F)cnc(N)c1F. The van der Waals surface area contributed by atoms with Gasteiger partial charge in [-0.05, 0) is 0 Å². The van der Waals surface area contributed by atoms with Crippen LogP contribution in [0, 0.1) is 11.6 Å². The summed E-state index contributed by atoms with van der Waals surface area (Å²) < 4.78 is 30.4. The van der Waals surface area contributed by atoms with Crippen molar-refractivity contribution in [3.63, 3.8) is 0 Å². The maximum atomic E-state index is 13.1. The quantitative estimate of drug-likeness (QED) is 0.788. The molecule has 0 radical (unpaired) electrons. The predicted octanol–water partition coefficient (Wildman–Crippen LogP) is 1.68. The van der Waals surface area contributed by atoms with Gasteiger partial charge in [-0.3, -0.25) is 4.79 Å². The van der Waals surface area contributed by atoms with Gasteiger partial charge >= 0.3 is 5.97 Å². The van der Waals surface area contributed by atoms with Crippen molar-refractivity contribution < 1.29 is 18.3 Å². The lowest BCUT2D eigenvalue weighted by Gasteiger charge is -2.04. The molecule has 0 atom stereocenters. The summed E-state index contributed by atoms with van der Waals surface area (Å²) in [5.41, 5.74) is 4.68. The van der Waals surface area contributed by atoms with E-state index in [1.54, 1.807) is 0 Å². The first kappa shape index (κ1) is 14.3. The average molecular weight is 232 g/mol. The van der Waals surface area contributed by atoms with Gasteiger partial charge in [0.25, 0.3) is 0 Å². The second-order valence-corrected chi connectivity index (χ2v) is 2.54. The van der Waals surface area contributed by atoms with E-state index in [1.807, 2.05) is 13.8 Å². The first-order chi connectivity index (χ1) is 7.56. The molecule has 1 aromatic heterocycles. The molecule has 0 saturated carbocycles. The minimum absolute atomic E-state index is 0.427. The molecule has 2 N–H and O–H groups in total. The number of nitrogen functional groups attached to an aromatic ring is 1. The molecule has 1 rings (SSSR count). The zero-order chi connectivity index (χ0) is 12.7. The zero-order valence-corrected chi connectivity index (χ0v) is 9.38. The third kappa shape index (κ3) is 3.45. The highest BCUT2D eigenvalue weighted by molar-refractivity contribution is 5.72. The predicted molar refractivity (Wildman–Crippen MR) is 55.6 cm³/mol. The number of anilines is 1. The molecule has 16 heavy (non-hydrogen) atoms. The minimum Gasteiger partial charge on any atom is -0.469 e. The normalized spacial score (nSPS) is 9.06. The Hall–Kier alpha value is -1.72. The molecule has 1 heterocycles. The van der Waals surface area contributed by atoms with E-state index in [9.17, 15) is 13.6 Å². The van der Waals surface area contributed by atoms with Crippen LogP contribution in [0.1, 0.15) is 19.4 Å². The van der Waals surface area contributed by atoms with Crippen molar-refractivity contribution in [3.8, 4) is 0 Å². The van der Waals surface area contributed by atoms with E-state index in [-0.39, 0.29) is 0 Å². The van der Waals surface area contributed by atoms with Crippen molar-refractivity contribution in [1.82, 2.24) is 4.98 Å². The molecule has 4 nitrogen and oxygen atoms in total. The van der Waals surface area contributed by atoms with E-state index in [4.69, 9.17) is 5.73 Å². The molecule has 0 aromatic carbocycles. The van der Waals surface area contributed by atoms with E-state index in [1.165, 1.54) is 0 Å². The maximum Gasteiger partial charge on any atom is 0.310 e. The molecule has 0 unspecified atom stereocenters. The molecule has 0 spiro atoms. The van der Waals surface area contributed by atoms with Crippen molar-refractivity contribution in [3.05, 3.63) is 23.4 Å². The summed E-state index contributed by atoms with van der Waals surface area (Å²) in [7, 11) is 1.13. The summed E-state index contributed by atoms with van der Waals surface area (Å²) in [6.45, 7) is 4.00. The highest BCUT2D eigenvalue weighted by Crippen LogP contribution is 2.16. The first-order valence-corrected chi connectivity index (χ1v) is 4.71. The summed E-state index contributed by atoms with van der Waals surface area (Å²) in [5.74, 6) is -3.11. The fraction of sp³-hybridized carbons (Fsp3) is 0.400. The number of ether oxygens (including phenoxy) is 1. The lowest BCUT2D eigenvalue weighted by Crippen LogP contribution is -2.10. The van der Waals surface area contributed by atoms with Crippen molar-refractivity contribution in [2.24, 2.45) is 0 Å². The third-order valence-corrected chi connectivity index (χ3v) is 1.64. The zero-order valence-electron chi connectivity index (χ0n) is 9.38. The fourth-order valence-electron chi connectivity index (χ4n) is 0.899. The van der Waals surface area contributed by atoms with E-state index in [0.717, 1.165) is 13.3 Å². The van der Waals surface area contributed by atoms with Crippen LogP contribution in [0.3, 0.4) is 0 Å². The van der Waals surface area contributed by atoms with Gasteiger partial charge in [-0.25, -0.2) is 13.8 Å². The van der Waals surface area contributed by atoms with E-state index in [2.05, 4.69) is 9.72 Å². The molecular formula is C10H14F2N2O2. The number of hydrogen-bond donors (Lipinski definition) is 1. The van der Waals surface area contributed by atoms with Crippen molar-refractivity contribution in [1.29, 1.82) is 0 Å². The van der Waals surface area contributed by atoms with Crippen LogP contribution in [0.5, 0.6) is 0 Å². The lowest BCUT2D eigenvalue weighted by atomic mass is 10.1. The van der Waals surface area contributed by atoms with Gasteiger partial charge in [-0.2, -0.15) is 0 Å². The van der Waals surface area contributed by atoms with Gasteiger partial charge in [0.1, 0.15) is 5.82 Å². The summed E-state index contributed by atoms with van der Waals surface area (Å²) in [6.07, 6.45) is 0.261. The molecule has 90 valence electrons. The Bertz CT molecular complexity index is 370. The number of carbonyl (C=O) groups is 1. The third-order valence-electron chi connectivity index (χ3n) is 1.64. The highest BCUT2D eigenvalue weighted by atomic mass is 19.1. The summed E-state index contributed by atoms with van der Waals surface area (Å²) >= 11 is 0. The van der Waals surface area contributed by atoms with Crippen LogP contribution >= 0.6 is 0 Å². The number of pyridine rings is 1. The number of rotatable bonds is 2. The van der Waals surface area contributed by atoms with Gasteiger partial charge in [-0.15, -0.1) is 0 Å². The Morgan fingerprint density at radius 1 is 1.50 bits per heavy atom. The summed E-state index contributed by atoms with van der Waals surface area (Å²) in [4.78, 5) is 14.0. The van der Waals surface area contributed by atoms with E-state index in [0.29, 0.717) is 0 Å². The molecule has 6 heteroatoms. The van der Waals surface area contributed by atoms with Gasteiger partial charge in [0.2, 0.25) is 0 Å². The Kier molecular flexibility index (Phi) is 5.99. The number of hydrogen-bond acceptors (Lipinski definition) is 4. The number of nitrogens with zero attached hydrogens (tertiary/aromatic N) is 1. The number of methoxy groups -OCH3 is 1. The Labute approximate surface area is 92.4 Å². The van der Waals surface area contributed by atoms with Crippen LogP contribution in [-0.2, 0) is 16.0 Å². The van der Waals surface area contributed by atoms with Crippen LogP contribution in [0.25, 0.3) is 0 Å². The average Bonchev–Trinajstić information content (AvgIpc) is 2.32. The lowest BCUT2D eigenvalue weighted by molar-refractivity contribution is -0.139. The van der Waals surface area contributed by atoms with Crippen LogP contribution in [0.2, 0.25) is 0 Å². The number of aromatic nitrogens is 1. The molecule has 0 bridgehead atoms. The Morgan fingerprint density at radius 2 is 2.06 bits per heavy atom. The molecule has 0 aliphatic heterocycles. The van der Waals surface area contributed by atoms with Gasteiger partial charge < -0.3 is 10.5 Å². The smallest absolute Gasteiger partial charge is 0.310 e. The minimum atomic E-state index is -1.02. The number of carbonyl (C=O) groups excluding carboxylic acids is 1. The summed E-state index contributed by atoms with van der Waals surface area (Å²) in [6, 6.07) is 0. The van der Waals surface area contributed by atoms with Crippen molar-refractivity contribution in [2.75, 3.05) is 12.8 Å².